The maximum Gasteiger partial charge on any atom is 0.180 e. The first kappa shape index (κ1) is 10.7. The van der Waals surface area contributed by atoms with Gasteiger partial charge in [0.1, 0.15) is 0 Å². The van der Waals surface area contributed by atoms with Crippen molar-refractivity contribution in [2.24, 2.45) is 17.7 Å². The third-order valence-electron chi connectivity index (χ3n) is 2.88. The Labute approximate surface area is 85.4 Å². The zero-order valence-electron chi connectivity index (χ0n) is 8.34. The van der Waals surface area contributed by atoms with Crippen molar-refractivity contribution in [1.82, 2.24) is 10.7 Å². The van der Waals surface area contributed by atoms with E-state index < -0.39 is 0 Å². The molecule has 0 aliphatic heterocycles. The molecule has 3 atom stereocenters. The molecule has 1 fully saturated rings. The Morgan fingerprint density at radius 2 is 2.08 bits per heavy atom. The van der Waals surface area contributed by atoms with Crippen LogP contribution >= 0.6 is 12.2 Å². The van der Waals surface area contributed by atoms with Crippen molar-refractivity contribution >= 4 is 17.3 Å². The summed E-state index contributed by atoms with van der Waals surface area (Å²) in [6.07, 6.45) is 3.77. The fraction of sp³-hybridized carbons (Fsp3) is 0.889. The van der Waals surface area contributed by atoms with Crippen LogP contribution in [0, 0.1) is 11.8 Å². The molecule has 0 aromatic rings. The number of hydrogen-bond donors (Lipinski definition) is 3. The molecule has 0 amide bonds. The number of hydrogen-bond acceptors (Lipinski definition) is 2. The van der Waals surface area contributed by atoms with Gasteiger partial charge in [-0.3, -0.25) is 0 Å². The number of nitrogens with two attached hydrogens (primary N) is 1. The SMILES string of the molecule is CC1CCC(NC(=S)NN)C(C)C1. The average Bonchev–Trinajstić information content (AvgIpc) is 2.09. The van der Waals surface area contributed by atoms with Crippen molar-refractivity contribution in [3.63, 3.8) is 0 Å². The fourth-order valence-electron chi connectivity index (χ4n) is 2.09. The van der Waals surface area contributed by atoms with E-state index in [0.29, 0.717) is 17.1 Å². The van der Waals surface area contributed by atoms with Crippen molar-refractivity contribution in [2.45, 2.75) is 39.2 Å². The quantitative estimate of drug-likeness (QED) is 0.338. The number of nitrogens with one attached hydrogen (secondary N) is 2. The molecule has 0 aromatic carbocycles. The highest BCUT2D eigenvalue weighted by atomic mass is 32.1. The van der Waals surface area contributed by atoms with Crippen LogP contribution in [0.2, 0.25) is 0 Å². The van der Waals surface area contributed by atoms with Crippen molar-refractivity contribution < 1.29 is 0 Å². The molecule has 1 aliphatic rings. The van der Waals surface area contributed by atoms with Crippen LogP contribution in [0.4, 0.5) is 0 Å². The summed E-state index contributed by atoms with van der Waals surface area (Å²) in [5.41, 5.74) is 2.46. The largest absolute Gasteiger partial charge is 0.359 e. The van der Waals surface area contributed by atoms with Gasteiger partial charge >= 0.3 is 0 Å². The van der Waals surface area contributed by atoms with Crippen LogP contribution < -0.4 is 16.6 Å². The van der Waals surface area contributed by atoms with E-state index in [0.717, 1.165) is 5.92 Å². The van der Waals surface area contributed by atoms with Crippen LogP contribution in [0.25, 0.3) is 0 Å². The predicted molar refractivity (Wildman–Crippen MR) is 59.0 cm³/mol. The Kier molecular flexibility index (Phi) is 3.93. The van der Waals surface area contributed by atoms with E-state index >= 15 is 0 Å². The lowest BCUT2D eigenvalue weighted by Crippen LogP contribution is -2.48. The van der Waals surface area contributed by atoms with Crippen LogP contribution in [-0.4, -0.2) is 11.2 Å². The minimum atomic E-state index is 0.500. The van der Waals surface area contributed by atoms with Gasteiger partial charge in [-0.05, 0) is 43.3 Å². The molecule has 0 aromatic heterocycles. The van der Waals surface area contributed by atoms with Crippen LogP contribution in [0.3, 0.4) is 0 Å². The van der Waals surface area contributed by atoms with Crippen LogP contribution in [-0.2, 0) is 0 Å². The molecule has 1 saturated carbocycles. The van der Waals surface area contributed by atoms with Crippen molar-refractivity contribution in [1.29, 1.82) is 0 Å². The first-order valence-electron chi connectivity index (χ1n) is 4.90. The Morgan fingerprint density at radius 1 is 1.38 bits per heavy atom. The summed E-state index contributed by atoms with van der Waals surface area (Å²) in [6, 6.07) is 0.500. The number of thiocarbonyl (C=S) groups is 1. The molecule has 0 heterocycles. The van der Waals surface area contributed by atoms with E-state index in [1.807, 2.05) is 0 Å². The molecule has 4 heteroatoms. The van der Waals surface area contributed by atoms with Gasteiger partial charge in [-0.15, -0.1) is 0 Å². The summed E-state index contributed by atoms with van der Waals surface area (Å²) >= 11 is 4.97. The van der Waals surface area contributed by atoms with Gasteiger partial charge < -0.3 is 10.7 Å². The summed E-state index contributed by atoms with van der Waals surface area (Å²) in [4.78, 5) is 0. The van der Waals surface area contributed by atoms with E-state index in [4.69, 9.17) is 18.1 Å². The van der Waals surface area contributed by atoms with Crippen LogP contribution in [0.5, 0.6) is 0 Å². The third kappa shape index (κ3) is 3.12. The lowest BCUT2D eigenvalue weighted by molar-refractivity contribution is 0.247. The van der Waals surface area contributed by atoms with Gasteiger partial charge in [0, 0.05) is 6.04 Å². The van der Waals surface area contributed by atoms with E-state index in [-0.39, 0.29) is 0 Å². The summed E-state index contributed by atoms with van der Waals surface area (Å²) < 4.78 is 0. The summed E-state index contributed by atoms with van der Waals surface area (Å²) in [5.74, 6) is 6.75. The van der Waals surface area contributed by atoms with Gasteiger partial charge in [-0.2, -0.15) is 0 Å². The van der Waals surface area contributed by atoms with Crippen LogP contribution in [0.1, 0.15) is 33.1 Å². The minimum absolute atomic E-state index is 0.500. The van der Waals surface area contributed by atoms with Gasteiger partial charge in [0.05, 0.1) is 0 Å². The highest BCUT2D eigenvalue weighted by molar-refractivity contribution is 7.80. The Morgan fingerprint density at radius 3 is 2.62 bits per heavy atom. The zero-order chi connectivity index (χ0) is 9.84. The Balaban J connectivity index is 2.38. The molecule has 0 radical (unpaired) electrons. The van der Waals surface area contributed by atoms with E-state index in [9.17, 15) is 0 Å². The zero-order valence-corrected chi connectivity index (χ0v) is 9.16. The molecule has 0 saturated heterocycles. The highest BCUT2D eigenvalue weighted by Crippen LogP contribution is 2.28. The molecule has 3 nitrogen and oxygen atoms in total. The smallest absolute Gasteiger partial charge is 0.180 e. The first-order valence-corrected chi connectivity index (χ1v) is 5.31. The summed E-state index contributed by atoms with van der Waals surface area (Å²) in [7, 11) is 0. The number of rotatable bonds is 1. The van der Waals surface area contributed by atoms with Crippen molar-refractivity contribution in [2.75, 3.05) is 0 Å². The van der Waals surface area contributed by atoms with Gasteiger partial charge in [-0.25, -0.2) is 5.84 Å². The summed E-state index contributed by atoms with van der Waals surface area (Å²) in [5, 5.41) is 3.80. The molecule has 76 valence electrons. The Bertz CT molecular complexity index is 184. The second kappa shape index (κ2) is 4.77. The van der Waals surface area contributed by atoms with Gasteiger partial charge in [0.25, 0.3) is 0 Å². The molecule has 1 rings (SSSR count). The number of hydrazine groups is 1. The lowest BCUT2D eigenvalue weighted by atomic mass is 9.80. The molecule has 0 bridgehead atoms. The third-order valence-corrected chi connectivity index (χ3v) is 3.11. The first-order chi connectivity index (χ1) is 6.13. The van der Waals surface area contributed by atoms with E-state index in [1.54, 1.807) is 0 Å². The normalized spacial score (nSPS) is 33.9. The molecule has 4 N–H and O–H groups in total. The van der Waals surface area contributed by atoms with Gasteiger partial charge in [-0.1, -0.05) is 13.8 Å². The Hall–Kier alpha value is -0.350. The molecule has 13 heavy (non-hydrogen) atoms. The van der Waals surface area contributed by atoms with Crippen molar-refractivity contribution in [3.05, 3.63) is 0 Å². The molecule has 3 unspecified atom stereocenters. The maximum absolute atomic E-state index is 5.21. The van der Waals surface area contributed by atoms with Gasteiger partial charge in [0.15, 0.2) is 5.11 Å². The fourth-order valence-corrected chi connectivity index (χ4v) is 2.24. The second-order valence-electron chi connectivity index (χ2n) is 4.12. The minimum Gasteiger partial charge on any atom is -0.359 e. The molecular formula is C9H19N3S. The van der Waals surface area contributed by atoms with Crippen LogP contribution in [0.15, 0.2) is 0 Å². The maximum atomic E-state index is 5.21. The van der Waals surface area contributed by atoms with Gasteiger partial charge in [0.2, 0.25) is 0 Å². The van der Waals surface area contributed by atoms with E-state index in [2.05, 4.69) is 24.6 Å². The highest BCUT2D eigenvalue weighted by Gasteiger charge is 2.25. The summed E-state index contributed by atoms with van der Waals surface area (Å²) in [6.45, 7) is 4.58. The molecule has 0 spiro atoms. The average molecular weight is 201 g/mol. The molecule has 1 aliphatic carbocycles. The predicted octanol–water partition coefficient (Wildman–Crippen LogP) is 1.15. The topological polar surface area (TPSA) is 50.1 Å². The van der Waals surface area contributed by atoms with Crippen molar-refractivity contribution in [3.8, 4) is 0 Å². The molecular weight excluding hydrogens is 182 g/mol. The lowest BCUT2D eigenvalue weighted by Gasteiger charge is -2.33. The monoisotopic (exact) mass is 201 g/mol. The second-order valence-corrected chi connectivity index (χ2v) is 4.53. The standard InChI is InChI=1S/C9H19N3S/c1-6-3-4-8(7(2)5-6)11-9(13)12-10/h6-8H,3-5,10H2,1-2H3,(H2,11,12,13). The van der Waals surface area contributed by atoms with E-state index in [1.165, 1.54) is 19.3 Å².